The van der Waals surface area contributed by atoms with Crippen molar-refractivity contribution in [2.45, 2.75) is 45.6 Å². The number of nitrogens with zero attached hydrogens (tertiary/aromatic N) is 4. The average molecular weight is 353 g/mol. The van der Waals surface area contributed by atoms with E-state index in [4.69, 9.17) is 0 Å². The van der Waals surface area contributed by atoms with Crippen LogP contribution in [0.15, 0.2) is 12.3 Å². The summed E-state index contributed by atoms with van der Waals surface area (Å²) < 4.78 is 29.7. The Morgan fingerprint density at radius 3 is 2.71 bits per heavy atom. The molecule has 2 atom stereocenters. The SMILES string of the molecule is CCC[C@@H]1CN(c2ccnc(C)n2)C[C@H]1NS(=O)(=O)N1CCCC1. The fourth-order valence-electron chi connectivity index (χ4n) is 3.67. The van der Waals surface area contributed by atoms with Crippen LogP contribution in [0.4, 0.5) is 5.82 Å². The molecule has 2 fully saturated rings. The summed E-state index contributed by atoms with van der Waals surface area (Å²) in [4.78, 5) is 10.8. The maximum absolute atomic E-state index is 12.6. The van der Waals surface area contributed by atoms with Crippen molar-refractivity contribution >= 4 is 16.0 Å². The number of rotatable bonds is 6. The first kappa shape index (κ1) is 17.6. The zero-order valence-electron chi connectivity index (χ0n) is 14.5. The van der Waals surface area contributed by atoms with Crippen LogP contribution < -0.4 is 9.62 Å². The van der Waals surface area contributed by atoms with Crippen molar-refractivity contribution in [3.05, 3.63) is 18.1 Å². The first-order chi connectivity index (χ1) is 11.5. The molecule has 8 heteroatoms. The molecule has 0 aliphatic carbocycles. The minimum atomic E-state index is -3.38. The molecule has 2 aliphatic heterocycles. The van der Waals surface area contributed by atoms with Crippen molar-refractivity contribution in [3.8, 4) is 0 Å². The largest absolute Gasteiger partial charge is 0.355 e. The molecule has 0 bridgehead atoms. The molecule has 0 aromatic carbocycles. The Labute approximate surface area is 144 Å². The lowest BCUT2D eigenvalue weighted by molar-refractivity contribution is 0.412. The van der Waals surface area contributed by atoms with Gasteiger partial charge in [-0.25, -0.2) is 9.97 Å². The van der Waals surface area contributed by atoms with Gasteiger partial charge in [-0.1, -0.05) is 13.3 Å². The second-order valence-corrected chi connectivity index (χ2v) is 8.45. The van der Waals surface area contributed by atoms with E-state index >= 15 is 0 Å². The van der Waals surface area contributed by atoms with Gasteiger partial charge in [-0.3, -0.25) is 0 Å². The predicted octanol–water partition coefficient (Wildman–Crippen LogP) is 1.32. The van der Waals surface area contributed by atoms with Crippen molar-refractivity contribution in [2.24, 2.45) is 5.92 Å². The van der Waals surface area contributed by atoms with Gasteiger partial charge in [0.05, 0.1) is 0 Å². The molecular formula is C16H27N5O2S. The first-order valence-electron chi connectivity index (χ1n) is 8.81. The Hall–Kier alpha value is -1.25. The fraction of sp³-hybridized carbons (Fsp3) is 0.750. The van der Waals surface area contributed by atoms with Crippen LogP contribution >= 0.6 is 0 Å². The lowest BCUT2D eigenvalue weighted by atomic mass is 9.99. The van der Waals surface area contributed by atoms with Crippen LogP contribution in [0.1, 0.15) is 38.4 Å². The van der Waals surface area contributed by atoms with Gasteiger partial charge < -0.3 is 4.90 Å². The molecule has 0 spiro atoms. The average Bonchev–Trinajstić information content (AvgIpc) is 3.18. The summed E-state index contributed by atoms with van der Waals surface area (Å²) in [5.41, 5.74) is 0. The van der Waals surface area contributed by atoms with E-state index in [1.165, 1.54) is 0 Å². The Balaban J connectivity index is 1.73. The number of anilines is 1. The highest BCUT2D eigenvalue weighted by Gasteiger charge is 2.37. The smallest absolute Gasteiger partial charge is 0.279 e. The summed E-state index contributed by atoms with van der Waals surface area (Å²) >= 11 is 0. The van der Waals surface area contributed by atoms with Crippen molar-refractivity contribution < 1.29 is 8.42 Å². The molecule has 0 amide bonds. The van der Waals surface area contributed by atoms with Crippen molar-refractivity contribution in [2.75, 3.05) is 31.1 Å². The van der Waals surface area contributed by atoms with E-state index in [1.807, 2.05) is 13.0 Å². The molecule has 0 unspecified atom stereocenters. The molecule has 24 heavy (non-hydrogen) atoms. The van der Waals surface area contributed by atoms with Crippen LogP contribution in [-0.4, -0.2) is 54.9 Å². The third-order valence-electron chi connectivity index (χ3n) is 4.89. The summed E-state index contributed by atoms with van der Waals surface area (Å²) in [6, 6.07) is 1.83. The monoisotopic (exact) mass is 353 g/mol. The van der Waals surface area contributed by atoms with Gasteiger partial charge in [0.2, 0.25) is 0 Å². The van der Waals surface area contributed by atoms with E-state index in [1.54, 1.807) is 10.5 Å². The molecule has 1 N–H and O–H groups in total. The topological polar surface area (TPSA) is 78.4 Å². The molecule has 2 saturated heterocycles. The van der Waals surface area contributed by atoms with Gasteiger partial charge in [-0.15, -0.1) is 0 Å². The summed E-state index contributed by atoms with van der Waals surface area (Å²) in [6.07, 6.45) is 5.72. The minimum Gasteiger partial charge on any atom is -0.355 e. The van der Waals surface area contributed by atoms with Crippen LogP contribution in [0.25, 0.3) is 0 Å². The van der Waals surface area contributed by atoms with Crippen molar-refractivity contribution in [1.82, 2.24) is 19.0 Å². The predicted molar refractivity (Wildman–Crippen MR) is 94.0 cm³/mol. The first-order valence-corrected chi connectivity index (χ1v) is 10.3. The van der Waals surface area contributed by atoms with Gasteiger partial charge >= 0.3 is 0 Å². The van der Waals surface area contributed by atoms with Crippen molar-refractivity contribution in [3.63, 3.8) is 0 Å². The standard InChI is InChI=1S/C16H27N5O2S/c1-3-6-14-11-20(16-7-8-17-13(2)18-16)12-15(14)19-24(22,23)21-9-4-5-10-21/h7-8,14-15,19H,3-6,9-12H2,1-2H3/t14-,15-/m1/s1. The fourth-order valence-corrected chi connectivity index (χ4v) is 5.21. The van der Waals surface area contributed by atoms with Crippen LogP contribution in [0.2, 0.25) is 0 Å². The van der Waals surface area contributed by atoms with Crippen molar-refractivity contribution in [1.29, 1.82) is 0 Å². The lowest BCUT2D eigenvalue weighted by Gasteiger charge is -2.23. The van der Waals surface area contributed by atoms with Crippen LogP contribution in [-0.2, 0) is 10.2 Å². The summed E-state index contributed by atoms with van der Waals surface area (Å²) in [5.74, 6) is 1.93. The van der Waals surface area contributed by atoms with E-state index in [9.17, 15) is 8.42 Å². The highest BCUT2D eigenvalue weighted by Crippen LogP contribution is 2.27. The zero-order chi connectivity index (χ0) is 17.2. The van der Waals surface area contributed by atoms with Crippen LogP contribution in [0, 0.1) is 12.8 Å². The van der Waals surface area contributed by atoms with Gasteiger partial charge in [0.15, 0.2) is 0 Å². The Morgan fingerprint density at radius 1 is 1.29 bits per heavy atom. The van der Waals surface area contributed by atoms with E-state index in [2.05, 4.69) is 26.5 Å². The zero-order valence-corrected chi connectivity index (χ0v) is 15.3. The molecule has 0 radical (unpaired) electrons. The number of nitrogens with one attached hydrogen (secondary N) is 1. The molecule has 134 valence electrons. The van der Waals surface area contributed by atoms with Gasteiger partial charge in [0.25, 0.3) is 10.2 Å². The Kier molecular flexibility index (Phi) is 5.36. The van der Waals surface area contributed by atoms with E-state index in [0.717, 1.165) is 43.9 Å². The van der Waals surface area contributed by atoms with Crippen LogP contribution in [0.3, 0.4) is 0 Å². The molecule has 1 aromatic rings. The van der Waals surface area contributed by atoms with Gasteiger partial charge in [-0.05, 0) is 38.2 Å². The summed E-state index contributed by atoms with van der Waals surface area (Å²) in [5, 5.41) is 0. The third-order valence-corrected chi connectivity index (χ3v) is 6.54. The normalized spacial score (nSPS) is 25.5. The van der Waals surface area contributed by atoms with E-state index in [0.29, 0.717) is 25.6 Å². The quantitative estimate of drug-likeness (QED) is 0.834. The number of aromatic nitrogens is 2. The highest BCUT2D eigenvalue weighted by molar-refractivity contribution is 7.87. The third kappa shape index (κ3) is 3.87. The number of hydrogen-bond donors (Lipinski definition) is 1. The molecule has 7 nitrogen and oxygen atoms in total. The Morgan fingerprint density at radius 2 is 2.04 bits per heavy atom. The van der Waals surface area contributed by atoms with Gasteiger partial charge in [0, 0.05) is 38.4 Å². The second kappa shape index (κ2) is 7.33. The second-order valence-electron chi connectivity index (χ2n) is 6.75. The molecule has 0 saturated carbocycles. The number of hydrogen-bond acceptors (Lipinski definition) is 5. The molecular weight excluding hydrogens is 326 g/mol. The van der Waals surface area contributed by atoms with Gasteiger partial charge in [-0.2, -0.15) is 17.4 Å². The van der Waals surface area contributed by atoms with Gasteiger partial charge in [0.1, 0.15) is 11.6 Å². The number of aryl methyl sites for hydroxylation is 1. The molecule has 3 heterocycles. The van der Waals surface area contributed by atoms with E-state index < -0.39 is 10.2 Å². The molecule has 1 aromatic heterocycles. The minimum absolute atomic E-state index is 0.0641. The summed E-state index contributed by atoms with van der Waals surface area (Å²) in [6.45, 7) is 6.77. The maximum atomic E-state index is 12.6. The van der Waals surface area contributed by atoms with Crippen LogP contribution in [0.5, 0.6) is 0 Å². The summed E-state index contributed by atoms with van der Waals surface area (Å²) in [7, 11) is -3.38. The maximum Gasteiger partial charge on any atom is 0.279 e. The van der Waals surface area contributed by atoms with E-state index in [-0.39, 0.29) is 6.04 Å². The molecule has 2 aliphatic rings. The lowest BCUT2D eigenvalue weighted by Crippen LogP contribution is -2.47. The Bertz CT molecular complexity index is 660. The molecule has 3 rings (SSSR count). The highest BCUT2D eigenvalue weighted by atomic mass is 32.2.